The molecule has 1 aliphatic rings. The van der Waals surface area contributed by atoms with Gasteiger partial charge in [-0.15, -0.1) is 0 Å². The van der Waals surface area contributed by atoms with Crippen molar-refractivity contribution < 1.29 is 4.79 Å². The highest BCUT2D eigenvalue weighted by Crippen LogP contribution is 2.17. The maximum absolute atomic E-state index is 11.4. The van der Waals surface area contributed by atoms with E-state index in [0.717, 1.165) is 0 Å². The van der Waals surface area contributed by atoms with E-state index in [1.54, 1.807) is 17.0 Å². The maximum Gasteiger partial charge on any atom is 0.240 e. The Morgan fingerprint density at radius 2 is 2.50 bits per heavy atom. The first-order chi connectivity index (χ1) is 6.75. The van der Waals surface area contributed by atoms with Crippen LogP contribution in [-0.2, 0) is 11.8 Å². The summed E-state index contributed by atoms with van der Waals surface area (Å²) in [6.45, 7) is 0.373. The third kappa shape index (κ3) is 2.32. The second-order valence-electron chi connectivity index (χ2n) is 3.57. The third-order valence-corrected chi connectivity index (χ3v) is 2.20. The normalized spacial score (nSPS) is 15.5. The van der Waals surface area contributed by atoms with Crippen molar-refractivity contribution in [3.63, 3.8) is 0 Å². The lowest BCUT2D eigenvalue weighted by atomic mass is 10.5. The second kappa shape index (κ2) is 3.79. The Hall–Kier alpha value is -1.36. The number of amides is 1. The Kier molecular flexibility index (Phi) is 2.49. The fourth-order valence-electron chi connectivity index (χ4n) is 1.18. The number of hydrogen-bond acceptors (Lipinski definition) is 3. The van der Waals surface area contributed by atoms with Gasteiger partial charge in [0.1, 0.15) is 0 Å². The minimum atomic E-state index is -0.0359. The van der Waals surface area contributed by atoms with Crippen molar-refractivity contribution in [3.05, 3.63) is 12.4 Å². The molecule has 0 aromatic carbocycles. The lowest BCUT2D eigenvalue weighted by Gasteiger charge is -2.04. The summed E-state index contributed by atoms with van der Waals surface area (Å²) in [6, 6.07) is 0.558. The summed E-state index contributed by atoms with van der Waals surface area (Å²) in [6.07, 6.45) is 5.83. The number of rotatable bonds is 4. The monoisotopic (exact) mass is 194 g/mol. The van der Waals surface area contributed by atoms with Crippen molar-refractivity contribution in [2.24, 2.45) is 7.05 Å². The number of hydrogen-bond donors (Lipinski definition) is 2. The highest BCUT2D eigenvalue weighted by molar-refractivity contribution is 5.90. The van der Waals surface area contributed by atoms with Gasteiger partial charge >= 0.3 is 0 Å². The molecule has 14 heavy (non-hydrogen) atoms. The average Bonchev–Trinajstić information content (AvgIpc) is 2.90. The fraction of sp³-hybridized carbons (Fsp3) is 0.556. The summed E-state index contributed by atoms with van der Waals surface area (Å²) in [5, 5.41) is 5.86. The highest BCUT2D eigenvalue weighted by Gasteiger charge is 2.21. The lowest BCUT2D eigenvalue weighted by Crippen LogP contribution is -2.30. The molecule has 0 aliphatic heterocycles. The Balaban J connectivity index is 1.78. The van der Waals surface area contributed by atoms with Crippen molar-refractivity contribution in [2.75, 3.05) is 11.9 Å². The van der Waals surface area contributed by atoms with Crippen LogP contribution in [0.3, 0.4) is 0 Å². The molecule has 76 valence electrons. The van der Waals surface area contributed by atoms with Crippen LogP contribution in [0.5, 0.6) is 0 Å². The van der Waals surface area contributed by atoms with Crippen LogP contribution in [0, 0.1) is 0 Å². The summed E-state index contributed by atoms with van der Waals surface area (Å²) in [7, 11) is 1.84. The van der Waals surface area contributed by atoms with Crippen LogP contribution in [0.15, 0.2) is 12.4 Å². The van der Waals surface area contributed by atoms with E-state index in [9.17, 15) is 4.79 Å². The zero-order valence-corrected chi connectivity index (χ0v) is 8.16. The average molecular weight is 194 g/mol. The minimum Gasteiger partial charge on any atom is -0.320 e. The van der Waals surface area contributed by atoms with E-state index >= 15 is 0 Å². The van der Waals surface area contributed by atoms with E-state index in [4.69, 9.17) is 0 Å². The van der Waals surface area contributed by atoms with Crippen LogP contribution in [-0.4, -0.2) is 28.0 Å². The van der Waals surface area contributed by atoms with Gasteiger partial charge in [-0.2, -0.15) is 0 Å². The van der Waals surface area contributed by atoms with E-state index in [2.05, 4.69) is 15.6 Å². The molecule has 0 spiro atoms. The standard InChI is InChI=1S/C9H14N4O/c1-13-5-4-10-9(13)12-8(14)6-11-7-2-3-7/h4-5,7,11H,2-3,6H2,1H3,(H,10,12,14). The van der Waals surface area contributed by atoms with Gasteiger partial charge in [0, 0.05) is 25.5 Å². The van der Waals surface area contributed by atoms with E-state index in [0.29, 0.717) is 18.5 Å². The molecular weight excluding hydrogens is 180 g/mol. The fourth-order valence-corrected chi connectivity index (χ4v) is 1.18. The van der Waals surface area contributed by atoms with Gasteiger partial charge < -0.3 is 9.88 Å². The van der Waals surface area contributed by atoms with E-state index in [1.165, 1.54) is 12.8 Å². The van der Waals surface area contributed by atoms with Gasteiger partial charge in [-0.1, -0.05) is 0 Å². The lowest BCUT2D eigenvalue weighted by molar-refractivity contribution is -0.115. The molecule has 1 fully saturated rings. The Morgan fingerprint density at radius 1 is 1.71 bits per heavy atom. The van der Waals surface area contributed by atoms with Gasteiger partial charge in [0.25, 0.3) is 0 Å². The molecule has 5 heteroatoms. The van der Waals surface area contributed by atoms with Gasteiger partial charge in [-0.25, -0.2) is 4.98 Å². The number of aryl methyl sites for hydroxylation is 1. The molecule has 0 unspecified atom stereocenters. The van der Waals surface area contributed by atoms with Gasteiger partial charge in [0.05, 0.1) is 6.54 Å². The number of carbonyl (C=O) groups is 1. The molecule has 2 N–H and O–H groups in total. The molecule has 1 aromatic heterocycles. The Morgan fingerprint density at radius 3 is 3.07 bits per heavy atom. The van der Waals surface area contributed by atoms with Crippen LogP contribution in [0.25, 0.3) is 0 Å². The number of carbonyl (C=O) groups excluding carboxylic acids is 1. The van der Waals surface area contributed by atoms with Gasteiger partial charge in [0.15, 0.2) is 0 Å². The molecule has 0 radical (unpaired) electrons. The second-order valence-corrected chi connectivity index (χ2v) is 3.57. The molecule has 5 nitrogen and oxygen atoms in total. The molecule has 1 aliphatic carbocycles. The zero-order chi connectivity index (χ0) is 9.97. The summed E-state index contributed by atoms with van der Waals surface area (Å²) in [5.74, 6) is 0.554. The largest absolute Gasteiger partial charge is 0.320 e. The minimum absolute atomic E-state index is 0.0359. The molecule has 1 amide bonds. The highest BCUT2D eigenvalue weighted by atomic mass is 16.2. The zero-order valence-electron chi connectivity index (χ0n) is 8.16. The van der Waals surface area contributed by atoms with Gasteiger partial charge in [0.2, 0.25) is 11.9 Å². The van der Waals surface area contributed by atoms with Crippen LogP contribution >= 0.6 is 0 Å². The molecular formula is C9H14N4O. The summed E-state index contributed by atoms with van der Waals surface area (Å²) in [5.41, 5.74) is 0. The van der Waals surface area contributed by atoms with Crippen molar-refractivity contribution >= 4 is 11.9 Å². The third-order valence-electron chi connectivity index (χ3n) is 2.20. The van der Waals surface area contributed by atoms with E-state index < -0.39 is 0 Å². The smallest absolute Gasteiger partial charge is 0.240 e. The van der Waals surface area contributed by atoms with Crippen molar-refractivity contribution in [1.29, 1.82) is 0 Å². The van der Waals surface area contributed by atoms with Crippen molar-refractivity contribution in [1.82, 2.24) is 14.9 Å². The van der Waals surface area contributed by atoms with Crippen LogP contribution < -0.4 is 10.6 Å². The molecule has 1 saturated carbocycles. The summed E-state index contributed by atoms with van der Waals surface area (Å²) in [4.78, 5) is 15.4. The number of aromatic nitrogens is 2. The summed E-state index contributed by atoms with van der Waals surface area (Å²) >= 11 is 0. The summed E-state index contributed by atoms with van der Waals surface area (Å²) < 4.78 is 1.77. The molecule has 2 rings (SSSR count). The van der Waals surface area contributed by atoms with Crippen molar-refractivity contribution in [3.8, 4) is 0 Å². The molecule has 1 aromatic rings. The first kappa shape index (κ1) is 9.21. The Bertz CT molecular complexity index is 329. The first-order valence-electron chi connectivity index (χ1n) is 4.76. The predicted octanol–water partition coefficient (Wildman–Crippen LogP) is 0.111. The van der Waals surface area contributed by atoms with Crippen LogP contribution in [0.4, 0.5) is 5.95 Å². The quantitative estimate of drug-likeness (QED) is 0.715. The number of nitrogens with zero attached hydrogens (tertiary/aromatic N) is 2. The predicted molar refractivity (Wildman–Crippen MR) is 52.9 cm³/mol. The molecule has 0 saturated heterocycles. The number of nitrogens with one attached hydrogen (secondary N) is 2. The molecule has 0 atom stereocenters. The maximum atomic E-state index is 11.4. The number of imidazole rings is 1. The first-order valence-corrected chi connectivity index (χ1v) is 4.76. The van der Waals surface area contributed by atoms with E-state index in [1.807, 2.05) is 7.05 Å². The van der Waals surface area contributed by atoms with Gasteiger partial charge in [-0.05, 0) is 12.8 Å². The van der Waals surface area contributed by atoms with Crippen LogP contribution in [0.1, 0.15) is 12.8 Å². The Labute approximate surface area is 82.5 Å². The van der Waals surface area contributed by atoms with E-state index in [-0.39, 0.29) is 5.91 Å². The SMILES string of the molecule is Cn1ccnc1NC(=O)CNC1CC1. The molecule has 1 heterocycles. The van der Waals surface area contributed by atoms with Crippen LogP contribution in [0.2, 0.25) is 0 Å². The van der Waals surface area contributed by atoms with Gasteiger partial charge in [-0.3, -0.25) is 10.1 Å². The topological polar surface area (TPSA) is 59.0 Å². The van der Waals surface area contributed by atoms with Crippen molar-refractivity contribution in [2.45, 2.75) is 18.9 Å². The molecule has 0 bridgehead atoms. The number of anilines is 1.